The summed E-state index contributed by atoms with van der Waals surface area (Å²) in [4.78, 5) is 14.2. The molecule has 1 heterocycles. The molecule has 1 fully saturated rings. The number of methoxy groups -OCH3 is 1. The van der Waals surface area contributed by atoms with Gasteiger partial charge in [0.05, 0.1) is 6.10 Å². The number of hydrogen-bond acceptors (Lipinski definition) is 3. The molecular formula is C14H29ClN2O2. The molecule has 0 aromatic heterocycles. The maximum absolute atomic E-state index is 12.2. The minimum absolute atomic E-state index is 0. The van der Waals surface area contributed by atoms with E-state index in [1.165, 1.54) is 6.42 Å². The van der Waals surface area contributed by atoms with Crippen LogP contribution >= 0.6 is 12.4 Å². The van der Waals surface area contributed by atoms with Gasteiger partial charge in [0.2, 0.25) is 5.91 Å². The number of nitrogens with zero attached hydrogens (tertiary/aromatic N) is 1. The fourth-order valence-corrected chi connectivity index (χ4v) is 2.38. The van der Waals surface area contributed by atoms with Gasteiger partial charge in [-0.05, 0) is 52.6 Å². The molecule has 1 aliphatic heterocycles. The van der Waals surface area contributed by atoms with Crippen LogP contribution in [0.5, 0.6) is 0 Å². The van der Waals surface area contributed by atoms with Gasteiger partial charge in [-0.25, -0.2) is 0 Å². The highest BCUT2D eigenvalue weighted by atomic mass is 35.5. The summed E-state index contributed by atoms with van der Waals surface area (Å²) in [5.74, 6) is 0.948. The third kappa shape index (κ3) is 6.59. The zero-order chi connectivity index (χ0) is 13.5. The summed E-state index contributed by atoms with van der Waals surface area (Å²) in [5.41, 5.74) is 0. The highest BCUT2D eigenvalue weighted by molar-refractivity contribution is 5.85. The summed E-state index contributed by atoms with van der Waals surface area (Å²) in [5, 5.41) is 3.34. The van der Waals surface area contributed by atoms with Crippen molar-refractivity contribution in [1.29, 1.82) is 0 Å². The number of carbonyl (C=O) groups excluding carboxylic acids is 1. The van der Waals surface area contributed by atoms with Gasteiger partial charge in [0.15, 0.2) is 0 Å². The van der Waals surface area contributed by atoms with Crippen molar-refractivity contribution >= 4 is 18.3 Å². The molecule has 2 atom stereocenters. The quantitative estimate of drug-likeness (QED) is 0.781. The fraction of sp³-hybridized carbons (Fsp3) is 0.929. The Hall–Kier alpha value is -0.320. The number of ether oxygens (including phenoxy) is 1. The van der Waals surface area contributed by atoms with Crippen molar-refractivity contribution in [3.63, 3.8) is 0 Å². The van der Waals surface area contributed by atoms with Crippen molar-refractivity contribution in [2.75, 3.05) is 26.7 Å². The summed E-state index contributed by atoms with van der Waals surface area (Å²) in [6, 6.07) is 0.247. The number of halogens is 1. The summed E-state index contributed by atoms with van der Waals surface area (Å²) >= 11 is 0. The van der Waals surface area contributed by atoms with Crippen molar-refractivity contribution in [1.82, 2.24) is 10.2 Å². The zero-order valence-electron chi connectivity index (χ0n) is 12.6. The molecule has 0 spiro atoms. The first kappa shape index (κ1) is 18.7. The molecule has 0 aromatic rings. The van der Waals surface area contributed by atoms with E-state index in [2.05, 4.69) is 19.2 Å². The van der Waals surface area contributed by atoms with Crippen LogP contribution in [0.1, 0.15) is 40.0 Å². The minimum atomic E-state index is 0. The summed E-state index contributed by atoms with van der Waals surface area (Å²) in [7, 11) is 1.69. The normalized spacial score (nSPS) is 20.2. The maximum atomic E-state index is 12.2. The smallest absolute Gasteiger partial charge is 0.222 e. The second-order valence-electron chi connectivity index (χ2n) is 5.58. The van der Waals surface area contributed by atoms with E-state index in [-0.39, 0.29) is 30.5 Å². The van der Waals surface area contributed by atoms with Gasteiger partial charge in [0.25, 0.3) is 0 Å². The lowest BCUT2D eigenvalue weighted by Gasteiger charge is -2.29. The molecule has 2 unspecified atom stereocenters. The van der Waals surface area contributed by atoms with Crippen molar-refractivity contribution in [2.45, 2.75) is 52.2 Å². The highest BCUT2D eigenvalue weighted by Gasteiger charge is 2.21. The van der Waals surface area contributed by atoms with Crippen LogP contribution in [-0.2, 0) is 9.53 Å². The van der Waals surface area contributed by atoms with Crippen LogP contribution in [0.25, 0.3) is 0 Å². The summed E-state index contributed by atoms with van der Waals surface area (Å²) < 4.78 is 5.26. The molecule has 5 heteroatoms. The minimum Gasteiger partial charge on any atom is -0.380 e. The number of amides is 1. The summed E-state index contributed by atoms with van der Waals surface area (Å²) in [6.45, 7) is 9.01. The van der Waals surface area contributed by atoms with Crippen LogP contribution in [0.15, 0.2) is 0 Å². The Labute approximate surface area is 123 Å². The second kappa shape index (κ2) is 9.56. The van der Waals surface area contributed by atoms with Gasteiger partial charge in [-0.2, -0.15) is 0 Å². The highest BCUT2D eigenvalue weighted by Crippen LogP contribution is 2.16. The van der Waals surface area contributed by atoms with E-state index in [1.54, 1.807) is 7.11 Å². The van der Waals surface area contributed by atoms with Gasteiger partial charge in [0, 0.05) is 26.1 Å². The molecular weight excluding hydrogens is 264 g/mol. The van der Waals surface area contributed by atoms with E-state index in [0.29, 0.717) is 18.9 Å². The average Bonchev–Trinajstić information content (AvgIpc) is 2.85. The molecule has 1 saturated heterocycles. The topological polar surface area (TPSA) is 41.6 Å². The Morgan fingerprint density at radius 2 is 2.11 bits per heavy atom. The summed E-state index contributed by atoms with van der Waals surface area (Å²) in [6.07, 6.45) is 2.99. The number of carbonyl (C=O) groups is 1. The third-order valence-electron chi connectivity index (χ3n) is 3.73. The van der Waals surface area contributed by atoms with Crippen LogP contribution in [0, 0.1) is 5.92 Å². The first-order valence-corrected chi connectivity index (χ1v) is 7.07. The van der Waals surface area contributed by atoms with E-state index in [4.69, 9.17) is 4.74 Å². The van der Waals surface area contributed by atoms with Crippen LogP contribution in [0.4, 0.5) is 0 Å². The average molecular weight is 293 g/mol. The Balaban J connectivity index is 0.00000324. The number of nitrogens with one attached hydrogen (secondary N) is 1. The first-order valence-electron chi connectivity index (χ1n) is 7.07. The molecule has 1 rings (SSSR count). The van der Waals surface area contributed by atoms with Gasteiger partial charge in [-0.3, -0.25) is 4.79 Å². The molecule has 1 aliphatic rings. The molecule has 4 nitrogen and oxygen atoms in total. The van der Waals surface area contributed by atoms with Crippen molar-refractivity contribution < 1.29 is 9.53 Å². The molecule has 0 radical (unpaired) electrons. The fourth-order valence-electron chi connectivity index (χ4n) is 2.38. The monoisotopic (exact) mass is 292 g/mol. The molecule has 0 aliphatic carbocycles. The van der Waals surface area contributed by atoms with Crippen molar-refractivity contribution in [3.8, 4) is 0 Å². The van der Waals surface area contributed by atoms with Gasteiger partial charge in [-0.1, -0.05) is 0 Å². The zero-order valence-corrected chi connectivity index (χ0v) is 13.5. The molecule has 0 saturated carbocycles. The predicted molar refractivity (Wildman–Crippen MR) is 80.8 cm³/mol. The standard InChI is InChI=1S/C14H28N2O2.ClH/c1-11(2)16(10-12(3)18-4)14(17)6-5-13-7-8-15-9-13;/h11-13,15H,5-10H2,1-4H3;1H. The largest absolute Gasteiger partial charge is 0.380 e. The Morgan fingerprint density at radius 3 is 2.58 bits per heavy atom. The van der Waals surface area contributed by atoms with Crippen LogP contribution in [-0.4, -0.2) is 49.7 Å². The van der Waals surface area contributed by atoms with Gasteiger partial charge in [-0.15, -0.1) is 12.4 Å². The first-order chi connectivity index (χ1) is 8.54. The third-order valence-corrected chi connectivity index (χ3v) is 3.73. The van der Waals surface area contributed by atoms with E-state index in [0.717, 1.165) is 19.5 Å². The van der Waals surface area contributed by atoms with Gasteiger partial charge >= 0.3 is 0 Å². The van der Waals surface area contributed by atoms with Crippen LogP contribution < -0.4 is 5.32 Å². The lowest BCUT2D eigenvalue weighted by molar-refractivity contribution is -0.134. The molecule has 19 heavy (non-hydrogen) atoms. The number of rotatable bonds is 7. The lowest BCUT2D eigenvalue weighted by Crippen LogP contribution is -2.41. The molecule has 0 aromatic carbocycles. The second-order valence-corrected chi connectivity index (χ2v) is 5.58. The molecule has 1 N–H and O–H groups in total. The SMILES string of the molecule is COC(C)CN(C(=O)CCC1CCNC1)C(C)C.Cl. The van der Waals surface area contributed by atoms with Crippen molar-refractivity contribution in [3.05, 3.63) is 0 Å². The van der Waals surface area contributed by atoms with E-state index >= 15 is 0 Å². The molecule has 1 amide bonds. The molecule has 0 bridgehead atoms. The Kier molecular flexibility index (Phi) is 9.40. The van der Waals surface area contributed by atoms with Gasteiger partial charge in [0.1, 0.15) is 0 Å². The van der Waals surface area contributed by atoms with Crippen LogP contribution in [0.3, 0.4) is 0 Å². The predicted octanol–water partition coefficient (Wildman–Crippen LogP) is 2.07. The van der Waals surface area contributed by atoms with E-state index < -0.39 is 0 Å². The number of hydrogen-bond donors (Lipinski definition) is 1. The van der Waals surface area contributed by atoms with Gasteiger partial charge < -0.3 is 15.0 Å². The Morgan fingerprint density at radius 1 is 1.42 bits per heavy atom. The Bertz CT molecular complexity index is 256. The lowest BCUT2D eigenvalue weighted by atomic mass is 10.0. The van der Waals surface area contributed by atoms with Crippen LogP contribution in [0.2, 0.25) is 0 Å². The van der Waals surface area contributed by atoms with Crippen molar-refractivity contribution in [2.24, 2.45) is 5.92 Å². The van der Waals surface area contributed by atoms with E-state index in [1.807, 2.05) is 11.8 Å². The molecule has 114 valence electrons. The van der Waals surface area contributed by atoms with E-state index in [9.17, 15) is 4.79 Å². The maximum Gasteiger partial charge on any atom is 0.222 e.